The average Bonchev–Trinajstić information content (AvgIpc) is 3.02. The summed E-state index contributed by atoms with van der Waals surface area (Å²) in [5.41, 5.74) is 1.57. The number of nitrogens with one attached hydrogen (secondary N) is 1. The number of aromatic amines is 1. The van der Waals surface area contributed by atoms with Crippen molar-refractivity contribution in [3.63, 3.8) is 0 Å². The predicted octanol–water partition coefficient (Wildman–Crippen LogP) is 6.05. The maximum absolute atomic E-state index is 10.3. The van der Waals surface area contributed by atoms with Crippen LogP contribution >= 0.6 is 31.9 Å². The van der Waals surface area contributed by atoms with Crippen molar-refractivity contribution in [2.45, 2.75) is 0 Å². The van der Waals surface area contributed by atoms with Crippen LogP contribution in [0.25, 0.3) is 10.9 Å². The number of rotatable bonds is 3. The van der Waals surface area contributed by atoms with Gasteiger partial charge in [-0.3, -0.25) is 4.98 Å². The molecule has 0 radical (unpaired) electrons. The number of benzene rings is 1. The maximum atomic E-state index is 10.3. The Morgan fingerprint density at radius 1 is 1.00 bits per heavy atom. The SMILES string of the molecule is Oc1[nH]c2c(Br)cc(Br)cc2c1N=N/C(=N/c1ccccn1)c1ccccn1. The Morgan fingerprint density at radius 2 is 1.79 bits per heavy atom. The summed E-state index contributed by atoms with van der Waals surface area (Å²) in [7, 11) is 0. The van der Waals surface area contributed by atoms with Crippen LogP contribution in [0, 0.1) is 0 Å². The van der Waals surface area contributed by atoms with Gasteiger partial charge in [0, 0.05) is 26.7 Å². The fraction of sp³-hybridized carbons (Fsp3) is 0. The second-order valence-electron chi connectivity index (χ2n) is 5.67. The van der Waals surface area contributed by atoms with Crippen LogP contribution in [0.15, 0.2) is 85.1 Å². The summed E-state index contributed by atoms with van der Waals surface area (Å²) < 4.78 is 1.63. The number of aliphatic imine (C=N–C) groups is 1. The molecule has 3 aromatic heterocycles. The van der Waals surface area contributed by atoms with E-state index in [0.29, 0.717) is 22.6 Å². The van der Waals surface area contributed by atoms with Gasteiger partial charge in [-0.1, -0.05) is 28.1 Å². The summed E-state index contributed by atoms with van der Waals surface area (Å²) in [6.07, 6.45) is 3.29. The fourth-order valence-electron chi connectivity index (χ4n) is 2.55. The Bertz CT molecular complexity index is 1190. The standard InChI is InChI=1S/C19H12Br2N6O/c20-11-9-12-16(13(21)10-11)25-19(28)17(12)26-27-18(14-5-1-3-7-22-14)24-15-6-2-4-8-23-15/h1-10,25,28H/b24-18+,27-26?. The lowest BCUT2D eigenvalue weighted by molar-refractivity contribution is 0.459. The zero-order chi connectivity index (χ0) is 19.5. The average molecular weight is 500 g/mol. The molecule has 4 rings (SSSR count). The third kappa shape index (κ3) is 3.85. The zero-order valence-electron chi connectivity index (χ0n) is 14.2. The lowest BCUT2D eigenvalue weighted by Crippen LogP contribution is -1.99. The number of amidine groups is 1. The van der Waals surface area contributed by atoms with E-state index in [1.807, 2.05) is 24.3 Å². The zero-order valence-corrected chi connectivity index (χ0v) is 17.4. The number of fused-ring (bicyclic) bond motifs is 1. The number of hydrogen-bond acceptors (Lipinski definition) is 5. The molecule has 0 saturated carbocycles. The number of halogens is 2. The highest BCUT2D eigenvalue weighted by Crippen LogP contribution is 2.40. The highest BCUT2D eigenvalue weighted by Gasteiger charge is 2.14. The number of azo groups is 1. The number of aromatic nitrogens is 3. The van der Waals surface area contributed by atoms with E-state index >= 15 is 0 Å². The molecule has 0 fully saturated rings. The molecule has 0 aliphatic carbocycles. The van der Waals surface area contributed by atoms with Gasteiger partial charge in [-0.15, -0.1) is 10.2 Å². The molecule has 0 unspecified atom stereocenters. The van der Waals surface area contributed by atoms with Crippen molar-refractivity contribution < 1.29 is 5.11 Å². The minimum absolute atomic E-state index is 0.0873. The molecular weight excluding hydrogens is 488 g/mol. The molecule has 2 N–H and O–H groups in total. The van der Waals surface area contributed by atoms with Gasteiger partial charge in [0.1, 0.15) is 5.69 Å². The lowest BCUT2D eigenvalue weighted by Gasteiger charge is -2.00. The van der Waals surface area contributed by atoms with Crippen molar-refractivity contribution in [2.75, 3.05) is 0 Å². The molecule has 0 bridgehead atoms. The van der Waals surface area contributed by atoms with Crippen molar-refractivity contribution in [3.05, 3.63) is 75.6 Å². The largest absolute Gasteiger partial charge is 0.493 e. The van der Waals surface area contributed by atoms with Crippen molar-refractivity contribution in [1.29, 1.82) is 0 Å². The van der Waals surface area contributed by atoms with Gasteiger partial charge in [-0.05, 0) is 52.3 Å². The molecule has 4 aromatic rings. The van der Waals surface area contributed by atoms with Crippen LogP contribution in [-0.2, 0) is 0 Å². The smallest absolute Gasteiger partial charge is 0.218 e. The summed E-state index contributed by atoms with van der Waals surface area (Å²) in [5, 5.41) is 19.5. The first-order chi connectivity index (χ1) is 13.6. The molecular formula is C19H12Br2N6O. The summed E-state index contributed by atoms with van der Waals surface area (Å²) >= 11 is 6.92. The van der Waals surface area contributed by atoms with E-state index in [0.717, 1.165) is 14.5 Å². The van der Waals surface area contributed by atoms with E-state index in [1.165, 1.54) is 0 Å². The first-order valence-corrected chi connectivity index (χ1v) is 9.73. The van der Waals surface area contributed by atoms with Crippen LogP contribution in [0.4, 0.5) is 11.5 Å². The number of pyridine rings is 2. The van der Waals surface area contributed by atoms with Crippen molar-refractivity contribution in [3.8, 4) is 5.88 Å². The summed E-state index contributed by atoms with van der Waals surface area (Å²) in [4.78, 5) is 15.8. The van der Waals surface area contributed by atoms with E-state index in [-0.39, 0.29) is 11.7 Å². The molecule has 0 spiro atoms. The summed E-state index contributed by atoms with van der Waals surface area (Å²) in [5.74, 6) is 0.675. The van der Waals surface area contributed by atoms with E-state index in [2.05, 4.69) is 62.0 Å². The van der Waals surface area contributed by atoms with Gasteiger partial charge in [0.05, 0.1) is 5.52 Å². The van der Waals surface area contributed by atoms with Crippen molar-refractivity contribution in [2.24, 2.45) is 15.2 Å². The summed E-state index contributed by atoms with van der Waals surface area (Å²) in [6, 6.07) is 14.5. The quantitative estimate of drug-likeness (QED) is 0.204. The summed E-state index contributed by atoms with van der Waals surface area (Å²) in [6.45, 7) is 0. The van der Waals surface area contributed by atoms with Crippen LogP contribution < -0.4 is 0 Å². The first kappa shape index (κ1) is 18.5. The van der Waals surface area contributed by atoms with Crippen LogP contribution in [0.5, 0.6) is 5.88 Å². The van der Waals surface area contributed by atoms with Crippen molar-refractivity contribution >= 4 is 60.1 Å². The van der Waals surface area contributed by atoms with Crippen LogP contribution in [-0.4, -0.2) is 25.9 Å². The van der Waals surface area contributed by atoms with Gasteiger partial charge in [-0.2, -0.15) is 0 Å². The number of aromatic hydroxyl groups is 1. The molecule has 0 saturated heterocycles. The molecule has 0 aliphatic heterocycles. The normalized spacial score (nSPS) is 12.1. The van der Waals surface area contributed by atoms with Crippen LogP contribution in [0.3, 0.4) is 0 Å². The second kappa shape index (κ2) is 7.99. The molecule has 138 valence electrons. The monoisotopic (exact) mass is 498 g/mol. The fourth-order valence-corrected chi connectivity index (χ4v) is 3.87. The number of nitrogens with zero attached hydrogens (tertiary/aromatic N) is 5. The van der Waals surface area contributed by atoms with Gasteiger partial charge in [-0.25, -0.2) is 9.98 Å². The Kier molecular flexibility index (Phi) is 5.27. The number of H-pyrrole nitrogens is 1. The van der Waals surface area contributed by atoms with Gasteiger partial charge < -0.3 is 10.1 Å². The van der Waals surface area contributed by atoms with Gasteiger partial charge >= 0.3 is 0 Å². The van der Waals surface area contributed by atoms with Gasteiger partial charge in [0.25, 0.3) is 0 Å². The topological polar surface area (TPSA) is 98.9 Å². The third-order valence-electron chi connectivity index (χ3n) is 3.79. The van der Waals surface area contributed by atoms with Crippen LogP contribution in [0.2, 0.25) is 0 Å². The lowest BCUT2D eigenvalue weighted by atomic mass is 10.2. The molecule has 1 aromatic carbocycles. The van der Waals surface area contributed by atoms with Gasteiger partial charge in [0.2, 0.25) is 11.7 Å². The van der Waals surface area contributed by atoms with E-state index in [9.17, 15) is 5.11 Å². The Labute approximate surface area is 176 Å². The predicted molar refractivity (Wildman–Crippen MR) is 115 cm³/mol. The minimum Gasteiger partial charge on any atom is -0.493 e. The van der Waals surface area contributed by atoms with Gasteiger partial charge in [0.15, 0.2) is 11.5 Å². The molecule has 0 aliphatic rings. The Balaban J connectivity index is 1.82. The number of hydrogen-bond donors (Lipinski definition) is 2. The first-order valence-electron chi connectivity index (χ1n) is 8.14. The van der Waals surface area contributed by atoms with Crippen molar-refractivity contribution in [1.82, 2.24) is 15.0 Å². The third-order valence-corrected chi connectivity index (χ3v) is 4.87. The van der Waals surface area contributed by atoms with E-state index < -0.39 is 0 Å². The molecule has 7 nitrogen and oxygen atoms in total. The molecule has 9 heteroatoms. The Morgan fingerprint density at radius 3 is 2.50 bits per heavy atom. The molecule has 0 amide bonds. The molecule has 0 atom stereocenters. The maximum Gasteiger partial charge on any atom is 0.218 e. The van der Waals surface area contributed by atoms with E-state index in [1.54, 1.807) is 36.7 Å². The van der Waals surface area contributed by atoms with E-state index in [4.69, 9.17) is 0 Å². The highest BCUT2D eigenvalue weighted by atomic mass is 79.9. The Hall–Kier alpha value is -2.91. The minimum atomic E-state index is -0.0873. The van der Waals surface area contributed by atoms with Crippen LogP contribution in [0.1, 0.15) is 5.69 Å². The highest BCUT2D eigenvalue weighted by molar-refractivity contribution is 9.11. The molecule has 3 heterocycles. The molecule has 28 heavy (non-hydrogen) atoms. The second-order valence-corrected chi connectivity index (χ2v) is 7.44.